The number of aromatic hydroxyl groups is 1. The van der Waals surface area contributed by atoms with E-state index in [2.05, 4.69) is 26.8 Å². The monoisotopic (exact) mass is 621 g/mol. The lowest BCUT2D eigenvalue weighted by molar-refractivity contribution is -0.128. The van der Waals surface area contributed by atoms with Gasteiger partial charge >= 0.3 is 5.69 Å². The Balaban J connectivity index is 1.79. The number of rotatable bonds is 4. The van der Waals surface area contributed by atoms with Crippen LogP contribution < -0.4 is 15.9 Å². The van der Waals surface area contributed by atoms with Crippen molar-refractivity contribution in [3.05, 3.63) is 75.7 Å². The van der Waals surface area contributed by atoms with E-state index in [-0.39, 0.29) is 53.6 Å². The van der Waals surface area contributed by atoms with Gasteiger partial charge in [-0.15, -0.1) is 0 Å². The number of phenols is 1. The summed E-state index contributed by atoms with van der Waals surface area (Å²) in [5.74, 6) is -4.04. The highest BCUT2D eigenvalue weighted by molar-refractivity contribution is 6.39. The minimum atomic E-state index is -1.14. The molecular weight excluding hydrogens is 596 g/mol. The van der Waals surface area contributed by atoms with E-state index in [4.69, 9.17) is 11.6 Å². The number of hydrogen-bond acceptors (Lipinski definition) is 8. The number of nitrogens with one attached hydrogen (secondary N) is 1. The number of amides is 2. The maximum atomic E-state index is 17.2. The molecule has 2 aliphatic rings. The summed E-state index contributed by atoms with van der Waals surface area (Å²) in [6.45, 7) is 8.96. The predicted octanol–water partition coefficient (Wildman–Crippen LogP) is 4.07. The number of carbonyl (C=O) groups excluding carboxylic acids is 2. The smallest absolute Gasteiger partial charge is 0.354 e. The average molecular weight is 622 g/mol. The Bertz CT molecular complexity index is 1960. The van der Waals surface area contributed by atoms with Crippen molar-refractivity contribution in [1.29, 1.82) is 0 Å². The van der Waals surface area contributed by atoms with Gasteiger partial charge in [0, 0.05) is 18.7 Å². The molecule has 4 aromatic rings. The van der Waals surface area contributed by atoms with E-state index in [0.29, 0.717) is 11.4 Å². The summed E-state index contributed by atoms with van der Waals surface area (Å²) in [6.07, 6.45) is 2.46. The molecule has 0 aliphatic carbocycles. The van der Waals surface area contributed by atoms with Gasteiger partial charge in [-0.3, -0.25) is 14.2 Å². The summed E-state index contributed by atoms with van der Waals surface area (Å²) in [5.41, 5.74) is -1.65. The van der Waals surface area contributed by atoms with Crippen molar-refractivity contribution in [1.82, 2.24) is 24.4 Å². The van der Waals surface area contributed by atoms with Gasteiger partial charge in [-0.25, -0.2) is 23.5 Å². The zero-order chi connectivity index (χ0) is 31.6. The van der Waals surface area contributed by atoms with E-state index in [1.165, 1.54) is 22.2 Å². The number of piperazine rings is 1. The van der Waals surface area contributed by atoms with Gasteiger partial charge in [0.15, 0.2) is 5.82 Å². The van der Waals surface area contributed by atoms with Crippen molar-refractivity contribution in [2.45, 2.75) is 32.7 Å². The van der Waals surface area contributed by atoms with Gasteiger partial charge in [0.2, 0.25) is 11.8 Å². The quantitative estimate of drug-likeness (QED) is 0.326. The molecule has 1 fully saturated rings. The Hall–Kier alpha value is -4.91. The van der Waals surface area contributed by atoms with Crippen molar-refractivity contribution in [2.75, 3.05) is 29.9 Å². The molecule has 0 spiro atoms. The largest absolute Gasteiger partial charge is 0.507 e. The number of phenolic OH excluding ortho intramolecular Hbond substituents is 1. The molecule has 1 saturated heterocycles. The molecule has 0 saturated carbocycles. The fourth-order valence-electron chi connectivity index (χ4n) is 5.89. The molecule has 2 amide bonds. The van der Waals surface area contributed by atoms with Crippen LogP contribution in [0.4, 0.5) is 20.3 Å². The second-order valence-corrected chi connectivity index (χ2v) is 11.2. The number of aryl methyl sites for hydroxylation is 1. The van der Waals surface area contributed by atoms with Crippen LogP contribution in [0.2, 0.25) is 5.02 Å². The average Bonchev–Trinajstić information content (AvgIpc) is 3.11. The van der Waals surface area contributed by atoms with Crippen LogP contribution in [0.25, 0.3) is 27.7 Å². The van der Waals surface area contributed by atoms with E-state index in [0.717, 1.165) is 22.8 Å². The van der Waals surface area contributed by atoms with Gasteiger partial charge in [0.1, 0.15) is 35.3 Å². The second-order valence-electron chi connectivity index (χ2n) is 10.8. The number of aromatic nitrogens is 4. The van der Waals surface area contributed by atoms with E-state index in [1.54, 1.807) is 6.92 Å². The highest BCUT2D eigenvalue weighted by atomic mass is 35.5. The van der Waals surface area contributed by atoms with Crippen LogP contribution in [0.3, 0.4) is 0 Å². The topological polar surface area (TPSA) is 134 Å². The first-order valence-electron chi connectivity index (χ1n) is 13.7. The predicted molar refractivity (Wildman–Crippen MR) is 160 cm³/mol. The zero-order valence-corrected chi connectivity index (χ0v) is 24.6. The molecular formula is C30H26ClF2N7O4. The van der Waals surface area contributed by atoms with Crippen LogP contribution in [0.1, 0.15) is 31.2 Å². The number of carbonyl (C=O) groups is 2. The van der Waals surface area contributed by atoms with E-state index < -0.39 is 57.1 Å². The van der Waals surface area contributed by atoms with Crippen LogP contribution in [0, 0.1) is 18.6 Å². The third-order valence-electron chi connectivity index (χ3n) is 7.93. The molecule has 6 rings (SSSR count). The Morgan fingerprint density at radius 2 is 1.95 bits per heavy atom. The molecule has 2 aliphatic heterocycles. The lowest BCUT2D eigenvalue weighted by atomic mass is 9.98. The van der Waals surface area contributed by atoms with Gasteiger partial charge in [0.25, 0.3) is 0 Å². The van der Waals surface area contributed by atoms with Gasteiger partial charge in [-0.1, -0.05) is 38.1 Å². The number of hydrogen-bond donors (Lipinski definition) is 2. The second kappa shape index (κ2) is 10.7. The Morgan fingerprint density at radius 3 is 2.64 bits per heavy atom. The van der Waals surface area contributed by atoms with Crippen LogP contribution in [0.15, 0.2) is 42.0 Å². The van der Waals surface area contributed by atoms with Crippen molar-refractivity contribution >= 4 is 45.8 Å². The first kappa shape index (κ1) is 29.2. The summed E-state index contributed by atoms with van der Waals surface area (Å²) in [4.78, 5) is 56.1. The molecule has 11 nitrogen and oxygen atoms in total. The van der Waals surface area contributed by atoms with E-state index in [1.807, 2.05) is 13.8 Å². The Labute approximate surface area is 254 Å². The van der Waals surface area contributed by atoms with Crippen LogP contribution in [-0.2, 0) is 9.59 Å². The van der Waals surface area contributed by atoms with Gasteiger partial charge in [0.05, 0.1) is 45.3 Å². The van der Waals surface area contributed by atoms with Crippen molar-refractivity contribution < 1.29 is 23.5 Å². The molecule has 0 bridgehead atoms. The Morgan fingerprint density at radius 1 is 1.20 bits per heavy atom. The Kier molecular flexibility index (Phi) is 7.07. The summed E-state index contributed by atoms with van der Waals surface area (Å²) in [6, 6.07) is 2.39. The first-order chi connectivity index (χ1) is 21.0. The summed E-state index contributed by atoms with van der Waals surface area (Å²) >= 11 is 6.80. The molecule has 14 heteroatoms. The van der Waals surface area contributed by atoms with Crippen LogP contribution in [0.5, 0.6) is 5.75 Å². The number of benzene rings is 2. The molecule has 2 aromatic carbocycles. The van der Waals surface area contributed by atoms with Crippen molar-refractivity contribution in [3.63, 3.8) is 0 Å². The SMILES string of the molecule is C=CC(=O)N1CCN2c3nc(=O)n(-c4c(C)ncnc4C(C)C)c4c(F)c(-c5c(O)cccc5F)c(Cl)c(c34)NC(=O)C2C1. The molecule has 2 N–H and O–H groups in total. The first-order valence-corrected chi connectivity index (χ1v) is 14.1. The highest BCUT2D eigenvalue weighted by Gasteiger charge is 2.41. The minimum absolute atomic E-state index is 0.0241. The van der Waals surface area contributed by atoms with Gasteiger partial charge < -0.3 is 20.2 Å². The molecule has 2 aromatic heterocycles. The number of halogens is 3. The third-order valence-corrected chi connectivity index (χ3v) is 8.31. The normalized spacial score (nSPS) is 16.2. The lowest BCUT2D eigenvalue weighted by Crippen LogP contribution is -2.58. The molecule has 0 radical (unpaired) electrons. The zero-order valence-electron chi connectivity index (χ0n) is 23.9. The van der Waals surface area contributed by atoms with E-state index >= 15 is 8.78 Å². The maximum absolute atomic E-state index is 17.2. The fraction of sp³-hybridized carbons (Fsp3) is 0.267. The number of fused-ring (bicyclic) bond motifs is 2. The summed E-state index contributed by atoms with van der Waals surface area (Å²) in [7, 11) is 0. The molecule has 44 heavy (non-hydrogen) atoms. The maximum Gasteiger partial charge on any atom is 0.354 e. The number of nitrogens with zero attached hydrogens (tertiary/aromatic N) is 6. The van der Waals surface area contributed by atoms with Crippen molar-refractivity contribution in [3.8, 4) is 22.6 Å². The van der Waals surface area contributed by atoms with Gasteiger partial charge in [-0.2, -0.15) is 4.98 Å². The molecule has 1 unspecified atom stereocenters. The third kappa shape index (κ3) is 4.29. The fourth-order valence-corrected chi connectivity index (χ4v) is 6.21. The minimum Gasteiger partial charge on any atom is -0.507 e. The summed E-state index contributed by atoms with van der Waals surface area (Å²) < 4.78 is 33.5. The van der Waals surface area contributed by atoms with Crippen LogP contribution >= 0.6 is 11.6 Å². The van der Waals surface area contributed by atoms with Gasteiger partial charge in [-0.05, 0) is 31.1 Å². The standard InChI is InChI=1S/C30H26ClF2N7O4/c1-5-18(42)38-9-10-39-16(11-38)29(43)36-25-21-27(23(33)20(22(25)31)19-15(32)7-6-8-17(19)41)40(30(44)37-28(21)39)26-14(4)34-12-35-24(26)13(2)3/h5-8,12-13,16,41H,1,9-11H2,2-4H3,(H,36,43). The summed E-state index contributed by atoms with van der Waals surface area (Å²) in [5, 5.41) is 13.0. The molecule has 226 valence electrons. The lowest BCUT2D eigenvalue weighted by Gasteiger charge is -2.40. The molecule has 1 atom stereocenters. The van der Waals surface area contributed by atoms with E-state index in [9.17, 15) is 19.5 Å². The van der Waals surface area contributed by atoms with Crippen molar-refractivity contribution in [2.24, 2.45) is 0 Å². The van der Waals surface area contributed by atoms with Crippen LogP contribution in [-0.4, -0.2) is 67.0 Å². The molecule has 4 heterocycles. The number of anilines is 2. The highest BCUT2D eigenvalue weighted by Crippen LogP contribution is 2.49.